The van der Waals surface area contributed by atoms with E-state index in [1.54, 1.807) is 13.1 Å². The smallest absolute Gasteiger partial charge is 0.339 e. The van der Waals surface area contributed by atoms with Gasteiger partial charge < -0.3 is 15.4 Å². The highest BCUT2D eigenvalue weighted by molar-refractivity contribution is 6.02. The van der Waals surface area contributed by atoms with E-state index in [1.807, 2.05) is 0 Å². The molecule has 0 saturated heterocycles. The number of carboxylic acid groups (broad SMARTS) is 1. The number of H-pyrrole nitrogens is 1. The van der Waals surface area contributed by atoms with E-state index in [9.17, 15) is 9.59 Å². The van der Waals surface area contributed by atoms with E-state index >= 15 is 0 Å². The number of nitrogens with one attached hydrogen (secondary N) is 2. The lowest BCUT2D eigenvalue weighted by Gasteiger charge is -2.17. The molecular weight excluding hydrogens is 244 g/mol. The fraction of sp³-hybridized carbons (Fsp3) is 0.429. The number of aromatic nitrogens is 1. The summed E-state index contributed by atoms with van der Waals surface area (Å²) >= 11 is 0. The first-order valence-electron chi connectivity index (χ1n) is 6.46. The maximum Gasteiger partial charge on any atom is 0.339 e. The second kappa shape index (κ2) is 4.26. The van der Waals surface area contributed by atoms with Crippen LogP contribution in [-0.2, 0) is 4.79 Å². The Morgan fingerprint density at radius 2 is 2.16 bits per heavy atom. The van der Waals surface area contributed by atoms with Crippen molar-refractivity contribution in [2.24, 2.45) is 17.8 Å². The summed E-state index contributed by atoms with van der Waals surface area (Å²) in [6.45, 7) is 1.68. The number of fused-ring (bicyclic) bond motifs is 2. The maximum absolute atomic E-state index is 12.2. The average Bonchev–Trinajstić information content (AvgIpc) is 3.04. The van der Waals surface area contributed by atoms with Crippen LogP contribution in [0.15, 0.2) is 18.3 Å². The Kier molecular flexibility index (Phi) is 2.69. The van der Waals surface area contributed by atoms with Crippen LogP contribution in [0.5, 0.6) is 0 Å². The molecule has 0 radical (unpaired) electrons. The second-order valence-electron chi connectivity index (χ2n) is 5.38. The Bertz CT molecular complexity index is 573. The van der Waals surface area contributed by atoms with E-state index in [2.05, 4.69) is 22.5 Å². The van der Waals surface area contributed by atoms with Gasteiger partial charge >= 0.3 is 5.97 Å². The van der Waals surface area contributed by atoms with E-state index in [0.717, 1.165) is 12.8 Å². The van der Waals surface area contributed by atoms with Crippen molar-refractivity contribution in [1.82, 2.24) is 4.98 Å². The molecule has 0 aliphatic heterocycles. The van der Waals surface area contributed by atoms with Crippen LogP contribution in [0.4, 0.5) is 5.69 Å². The molecule has 1 amide bonds. The van der Waals surface area contributed by atoms with Crippen LogP contribution in [0.3, 0.4) is 0 Å². The van der Waals surface area contributed by atoms with Gasteiger partial charge in [-0.1, -0.05) is 12.2 Å². The van der Waals surface area contributed by atoms with Crippen LogP contribution < -0.4 is 5.32 Å². The number of aromatic carboxylic acids is 1. The van der Waals surface area contributed by atoms with Crippen molar-refractivity contribution in [3.8, 4) is 0 Å². The number of rotatable bonds is 3. The third-order valence-electron chi connectivity index (χ3n) is 4.16. The molecule has 1 fully saturated rings. The summed E-state index contributed by atoms with van der Waals surface area (Å²) < 4.78 is 0. The van der Waals surface area contributed by atoms with Gasteiger partial charge in [-0.15, -0.1) is 0 Å². The first kappa shape index (κ1) is 12.0. The molecule has 3 N–H and O–H groups in total. The molecule has 3 atom stereocenters. The number of carbonyl (C=O) groups is 2. The zero-order chi connectivity index (χ0) is 13.6. The number of carboxylic acids is 1. The number of aromatic amines is 1. The van der Waals surface area contributed by atoms with Crippen molar-refractivity contribution in [1.29, 1.82) is 0 Å². The topological polar surface area (TPSA) is 82.2 Å². The van der Waals surface area contributed by atoms with Gasteiger partial charge in [-0.2, -0.15) is 0 Å². The normalized spacial score (nSPS) is 27.7. The molecule has 2 aliphatic rings. The zero-order valence-corrected chi connectivity index (χ0v) is 10.6. The molecule has 2 bridgehead atoms. The molecule has 3 rings (SSSR count). The maximum atomic E-state index is 12.2. The highest BCUT2D eigenvalue weighted by atomic mass is 16.4. The Balaban J connectivity index is 1.77. The number of anilines is 1. The molecular formula is C14H16N2O3. The number of allylic oxidation sites excluding steroid dienone is 2. The summed E-state index contributed by atoms with van der Waals surface area (Å²) in [6, 6.07) is 0. The third-order valence-corrected chi connectivity index (χ3v) is 4.16. The van der Waals surface area contributed by atoms with Gasteiger partial charge in [0.1, 0.15) is 5.56 Å². The summed E-state index contributed by atoms with van der Waals surface area (Å²) in [7, 11) is 0. The van der Waals surface area contributed by atoms with Crippen LogP contribution in [0, 0.1) is 24.7 Å². The van der Waals surface area contributed by atoms with Gasteiger partial charge in [-0.25, -0.2) is 4.79 Å². The summed E-state index contributed by atoms with van der Waals surface area (Å²) in [4.78, 5) is 26.2. The van der Waals surface area contributed by atoms with E-state index < -0.39 is 5.97 Å². The van der Waals surface area contributed by atoms with Gasteiger partial charge in [-0.05, 0) is 31.6 Å². The van der Waals surface area contributed by atoms with Gasteiger partial charge in [0.15, 0.2) is 0 Å². The van der Waals surface area contributed by atoms with Crippen LogP contribution >= 0.6 is 0 Å². The highest BCUT2D eigenvalue weighted by Crippen LogP contribution is 2.43. The molecule has 3 unspecified atom stereocenters. The molecule has 100 valence electrons. The van der Waals surface area contributed by atoms with Gasteiger partial charge in [0.25, 0.3) is 0 Å². The highest BCUT2D eigenvalue weighted by Gasteiger charge is 2.40. The lowest BCUT2D eigenvalue weighted by Crippen LogP contribution is -2.26. The van der Waals surface area contributed by atoms with Crippen molar-refractivity contribution in [2.75, 3.05) is 5.32 Å². The summed E-state index contributed by atoms with van der Waals surface area (Å²) in [5.41, 5.74) is 1.06. The van der Waals surface area contributed by atoms with E-state index in [0.29, 0.717) is 23.2 Å². The molecule has 5 nitrogen and oxygen atoms in total. The molecule has 2 aliphatic carbocycles. The first-order valence-corrected chi connectivity index (χ1v) is 6.46. The van der Waals surface area contributed by atoms with Crippen LogP contribution in [0.1, 0.15) is 28.9 Å². The van der Waals surface area contributed by atoms with Crippen molar-refractivity contribution in [3.05, 3.63) is 29.6 Å². The molecule has 0 aromatic carbocycles. The fourth-order valence-corrected chi connectivity index (χ4v) is 3.21. The SMILES string of the molecule is Cc1[nH]cc(NC(=O)C2CC3C=CC2C3)c1C(=O)O. The molecule has 1 heterocycles. The van der Waals surface area contributed by atoms with Crippen molar-refractivity contribution >= 4 is 17.6 Å². The van der Waals surface area contributed by atoms with E-state index in [1.165, 1.54) is 0 Å². The lowest BCUT2D eigenvalue weighted by atomic mass is 9.93. The predicted octanol–water partition coefficient (Wildman–Crippen LogP) is 2.17. The Labute approximate surface area is 110 Å². The number of carbonyl (C=O) groups excluding carboxylic acids is 1. The van der Waals surface area contributed by atoms with Crippen LogP contribution in [0.2, 0.25) is 0 Å². The zero-order valence-electron chi connectivity index (χ0n) is 10.6. The Morgan fingerprint density at radius 3 is 2.74 bits per heavy atom. The minimum absolute atomic E-state index is 0.0214. The van der Waals surface area contributed by atoms with Gasteiger partial charge in [-0.3, -0.25) is 4.79 Å². The largest absolute Gasteiger partial charge is 0.478 e. The monoisotopic (exact) mass is 260 g/mol. The average molecular weight is 260 g/mol. The van der Waals surface area contributed by atoms with Crippen LogP contribution in [0.25, 0.3) is 0 Å². The van der Waals surface area contributed by atoms with Crippen molar-refractivity contribution in [3.63, 3.8) is 0 Å². The van der Waals surface area contributed by atoms with Crippen molar-refractivity contribution < 1.29 is 14.7 Å². The van der Waals surface area contributed by atoms with E-state index in [4.69, 9.17) is 5.11 Å². The molecule has 0 spiro atoms. The van der Waals surface area contributed by atoms with Gasteiger partial charge in [0, 0.05) is 17.8 Å². The second-order valence-corrected chi connectivity index (χ2v) is 5.38. The predicted molar refractivity (Wildman–Crippen MR) is 70.0 cm³/mol. The first-order chi connectivity index (χ1) is 9.06. The van der Waals surface area contributed by atoms with E-state index in [-0.39, 0.29) is 17.4 Å². The van der Waals surface area contributed by atoms with Crippen molar-refractivity contribution in [2.45, 2.75) is 19.8 Å². The summed E-state index contributed by atoms with van der Waals surface area (Å²) in [5.74, 6) is -0.280. The minimum Gasteiger partial charge on any atom is -0.478 e. The quantitative estimate of drug-likeness (QED) is 0.728. The molecule has 1 aromatic rings. The fourth-order valence-electron chi connectivity index (χ4n) is 3.21. The summed E-state index contributed by atoms with van der Waals surface area (Å²) in [6.07, 6.45) is 7.75. The summed E-state index contributed by atoms with van der Waals surface area (Å²) in [5, 5.41) is 11.9. The standard InChI is InChI=1S/C14H16N2O3/c1-7-12(14(18)19)11(6-15-7)16-13(17)10-5-8-2-3-9(10)4-8/h2-3,6,8-10,15H,4-5H2,1H3,(H,16,17)(H,18,19). The number of hydrogen-bond donors (Lipinski definition) is 3. The van der Waals surface area contributed by atoms with Crippen LogP contribution in [-0.4, -0.2) is 22.0 Å². The number of amides is 1. The lowest BCUT2D eigenvalue weighted by molar-refractivity contribution is -0.120. The number of hydrogen-bond acceptors (Lipinski definition) is 2. The van der Waals surface area contributed by atoms with Gasteiger partial charge in [0.2, 0.25) is 5.91 Å². The Morgan fingerprint density at radius 1 is 1.37 bits per heavy atom. The number of aryl methyl sites for hydroxylation is 1. The Hall–Kier alpha value is -2.04. The molecule has 1 aromatic heterocycles. The molecule has 5 heteroatoms. The minimum atomic E-state index is -1.03. The molecule has 1 saturated carbocycles. The third kappa shape index (κ3) is 1.95. The van der Waals surface area contributed by atoms with Gasteiger partial charge in [0.05, 0.1) is 5.69 Å². The molecule has 19 heavy (non-hydrogen) atoms.